The van der Waals surface area contributed by atoms with E-state index in [1.54, 1.807) is 18.3 Å². The number of primary amides is 1. The zero-order valence-corrected chi connectivity index (χ0v) is 28.5. The van der Waals surface area contributed by atoms with Crippen molar-refractivity contribution in [3.8, 4) is 0 Å². The molecular formula is C34H52N6O6. The van der Waals surface area contributed by atoms with Crippen molar-refractivity contribution in [3.63, 3.8) is 0 Å². The summed E-state index contributed by atoms with van der Waals surface area (Å²) in [4.78, 5) is 80.2. The normalized spacial score (nSPS) is 24.1. The summed E-state index contributed by atoms with van der Waals surface area (Å²) in [6.07, 6.45) is 4.88. The first-order valence-corrected chi connectivity index (χ1v) is 16.4. The lowest BCUT2D eigenvalue weighted by Crippen LogP contribution is -2.62. The molecule has 5 amide bonds. The molecule has 254 valence electrons. The van der Waals surface area contributed by atoms with Gasteiger partial charge in [0.15, 0.2) is 0 Å². The zero-order chi connectivity index (χ0) is 34.4. The van der Waals surface area contributed by atoms with E-state index in [1.807, 2.05) is 41.5 Å². The number of aromatic nitrogens is 1. The van der Waals surface area contributed by atoms with Crippen LogP contribution in [0, 0.1) is 34.0 Å². The fourth-order valence-electron chi connectivity index (χ4n) is 7.03. The Morgan fingerprint density at radius 2 is 1.63 bits per heavy atom. The first kappa shape index (κ1) is 35.2. The summed E-state index contributed by atoms with van der Waals surface area (Å²) in [5.41, 5.74) is 3.82. The van der Waals surface area contributed by atoms with Crippen molar-refractivity contribution < 1.29 is 24.0 Å². The Morgan fingerprint density at radius 1 is 0.978 bits per heavy atom. The molecule has 0 spiro atoms. The number of carbonyl (C=O) groups excluding carboxylic acids is 5. The summed E-state index contributed by atoms with van der Waals surface area (Å²) in [5, 5.41) is 8.67. The smallest absolute Gasteiger partial charge is 0.315 e. The van der Waals surface area contributed by atoms with E-state index in [9.17, 15) is 28.8 Å². The largest absolute Gasteiger partial charge is 0.363 e. The molecule has 5 unspecified atom stereocenters. The van der Waals surface area contributed by atoms with Crippen LogP contribution in [-0.2, 0) is 25.7 Å². The highest BCUT2D eigenvalue weighted by Crippen LogP contribution is 2.65. The average molecular weight is 641 g/mol. The summed E-state index contributed by atoms with van der Waals surface area (Å²) < 4.78 is 1.53. The molecule has 5 N–H and O–H groups in total. The van der Waals surface area contributed by atoms with Crippen LogP contribution in [0.1, 0.15) is 81.1 Å². The van der Waals surface area contributed by atoms with E-state index >= 15 is 0 Å². The van der Waals surface area contributed by atoms with E-state index in [1.165, 1.54) is 15.5 Å². The Hall–Kier alpha value is -3.70. The summed E-state index contributed by atoms with van der Waals surface area (Å²) in [5.74, 6) is -2.63. The highest BCUT2D eigenvalue weighted by molar-refractivity contribution is 6.37. The van der Waals surface area contributed by atoms with Gasteiger partial charge in [0.1, 0.15) is 12.1 Å². The van der Waals surface area contributed by atoms with Crippen LogP contribution >= 0.6 is 0 Å². The van der Waals surface area contributed by atoms with Crippen LogP contribution in [0.4, 0.5) is 4.79 Å². The third-order valence-corrected chi connectivity index (χ3v) is 10.4. The van der Waals surface area contributed by atoms with E-state index in [4.69, 9.17) is 5.73 Å². The zero-order valence-electron chi connectivity index (χ0n) is 28.5. The van der Waals surface area contributed by atoms with Crippen LogP contribution in [0.5, 0.6) is 0 Å². The van der Waals surface area contributed by atoms with Crippen LogP contribution in [0.3, 0.4) is 0 Å². The van der Waals surface area contributed by atoms with Gasteiger partial charge in [-0.1, -0.05) is 80.7 Å². The molecule has 0 bridgehead atoms. The number of nitrogens with two attached hydrogens (primary N) is 1. The number of ketones is 1. The molecule has 0 radical (unpaired) electrons. The van der Waals surface area contributed by atoms with Gasteiger partial charge in [-0.3, -0.25) is 24.0 Å². The molecule has 2 aliphatic carbocycles. The van der Waals surface area contributed by atoms with E-state index in [-0.39, 0.29) is 35.3 Å². The molecule has 2 heterocycles. The van der Waals surface area contributed by atoms with Crippen molar-refractivity contribution >= 4 is 29.5 Å². The first-order valence-electron chi connectivity index (χ1n) is 16.4. The summed E-state index contributed by atoms with van der Waals surface area (Å²) in [7, 11) is 0. The van der Waals surface area contributed by atoms with Gasteiger partial charge >= 0.3 is 6.03 Å². The minimum atomic E-state index is -1.10. The molecule has 1 aliphatic heterocycles. The molecule has 46 heavy (non-hydrogen) atoms. The topological polar surface area (TPSA) is 173 Å². The number of rotatable bonds is 11. The molecule has 12 nitrogen and oxygen atoms in total. The molecule has 1 aromatic rings. The first-order chi connectivity index (χ1) is 21.2. The molecule has 6 atom stereocenters. The Labute approximate surface area is 271 Å². The minimum Gasteiger partial charge on any atom is -0.363 e. The number of urea groups is 1. The van der Waals surface area contributed by atoms with Gasteiger partial charge in [-0.05, 0) is 46.5 Å². The fraction of sp³-hybridized carbons (Fsp3) is 0.706. The predicted molar refractivity (Wildman–Crippen MR) is 173 cm³/mol. The van der Waals surface area contributed by atoms with Crippen molar-refractivity contribution in [2.75, 3.05) is 6.54 Å². The van der Waals surface area contributed by atoms with Crippen molar-refractivity contribution in [2.24, 2.45) is 39.7 Å². The molecule has 1 saturated heterocycles. The van der Waals surface area contributed by atoms with E-state index in [0.29, 0.717) is 13.0 Å². The highest BCUT2D eigenvalue weighted by atomic mass is 16.2. The third-order valence-electron chi connectivity index (χ3n) is 10.4. The number of likely N-dealkylation sites (tertiary alicyclic amines) is 1. The maximum absolute atomic E-state index is 14.3. The van der Waals surface area contributed by atoms with Crippen molar-refractivity contribution in [1.29, 1.82) is 0 Å². The molecular weight excluding hydrogens is 588 g/mol. The predicted octanol–water partition coefficient (Wildman–Crippen LogP) is 2.19. The number of Topliss-reactive ketones (excluding diaryl/α,β-unsaturated/α-hetero) is 1. The Balaban J connectivity index is 1.54. The standard InChI is InChI=1S/C34H52N6O6/c1-32(2,3)22(18-39-15-10-9-14-23(39)41)37-31(46)38-27(33(4,5)6)30(45)40-17-20-24(34(20,7)8)25(40)29(44)36-21(26(42)28(35)43)16-19-12-11-13-19/h9-10,14-15,19-22,24-25,27H,11-13,16-18H2,1-8H3,(H2,35,43)(H,36,44)(H2,37,38,46)/t20?,21?,22?,24?,25?,27-/m1/s1. The molecule has 0 aromatic carbocycles. The van der Waals surface area contributed by atoms with Crippen LogP contribution < -0.4 is 27.2 Å². The average Bonchev–Trinajstić information content (AvgIpc) is 3.24. The van der Waals surface area contributed by atoms with Gasteiger partial charge in [-0.15, -0.1) is 0 Å². The number of amides is 5. The van der Waals surface area contributed by atoms with Gasteiger partial charge in [-0.2, -0.15) is 0 Å². The second-order valence-electron chi connectivity index (χ2n) is 16.2. The van der Waals surface area contributed by atoms with Crippen LogP contribution in [-0.4, -0.2) is 69.7 Å². The Bertz CT molecular complexity index is 1420. The summed E-state index contributed by atoms with van der Waals surface area (Å²) in [6, 6.07) is 0.979. The fourth-order valence-corrected chi connectivity index (χ4v) is 7.03. The molecule has 12 heteroatoms. The lowest BCUT2D eigenvalue weighted by molar-refractivity contribution is -0.145. The quantitative estimate of drug-likeness (QED) is 0.270. The van der Waals surface area contributed by atoms with Crippen molar-refractivity contribution in [3.05, 3.63) is 34.7 Å². The van der Waals surface area contributed by atoms with Gasteiger partial charge in [0, 0.05) is 25.4 Å². The van der Waals surface area contributed by atoms with Gasteiger partial charge in [-0.25, -0.2) is 4.79 Å². The van der Waals surface area contributed by atoms with Gasteiger partial charge in [0.25, 0.3) is 11.5 Å². The van der Waals surface area contributed by atoms with E-state index < -0.39 is 64.5 Å². The number of nitrogens with one attached hydrogen (secondary N) is 3. The van der Waals surface area contributed by atoms with Crippen LogP contribution in [0.2, 0.25) is 0 Å². The second-order valence-corrected chi connectivity index (χ2v) is 16.2. The molecule has 1 aromatic heterocycles. The maximum Gasteiger partial charge on any atom is 0.315 e. The lowest BCUT2D eigenvalue weighted by Gasteiger charge is -2.39. The summed E-state index contributed by atoms with van der Waals surface area (Å²) in [6.45, 7) is 16.1. The monoisotopic (exact) mass is 640 g/mol. The SMILES string of the molecule is CC(C)(C)C(Cn1ccccc1=O)NC(=O)N[C@H](C(=O)N1CC2C(C1C(=O)NC(CC1CCC1)C(=O)C(N)=O)C2(C)C)C(C)(C)C. The summed E-state index contributed by atoms with van der Waals surface area (Å²) >= 11 is 0. The molecule has 3 fully saturated rings. The number of hydrogen-bond donors (Lipinski definition) is 4. The second kappa shape index (κ2) is 12.8. The van der Waals surface area contributed by atoms with Gasteiger partial charge in [0.2, 0.25) is 17.6 Å². The third kappa shape index (κ3) is 7.47. The van der Waals surface area contributed by atoms with Gasteiger partial charge in [0.05, 0.1) is 12.1 Å². The molecule has 3 aliphatic rings. The van der Waals surface area contributed by atoms with Gasteiger partial charge < -0.3 is 31.2 Å². The Kier molecular flexibility index (Phi) is 9.81. The lowest BCUT2D eigenvalue weighted by atomic mass is 9.80. The van der Waals surface area contributed by atoms with Crippen molar-refractivity contribution in [2.45, 2.75) is 112 Å². The minimum absolute atomic E-state index is 0.0769. The highest BCUT2D eigenvalue weighted by Gasteiger charge is 2.70. The number of nitrogens with zero attached hydrogens (tertiary/aromatic N) is 2. The Morgan fingerprint density at radius 3 is 2.15 bits per heavy atom. The molecule has 4 rings (SSSR count). The number of carbonyl (C=O) groups is 5. The number of fused-ring (bicyclic) bond motifs is 1. The van der Waals surface area contributed by atoms with E-state index in [0.717, 1.165) is 19.3 Å². The number of piperidine rings is 1. The van der Waals surface area contributed by atoms with E-state index in [2.05, 4.69) is 29.8 Å². The number of hydrogen-bond acceptors (Lipinski definition) is 6. The molecule has 2 saturated carbocycles. The maximum atomic E-state index is 14.3. The van der Waals surface area contributed by atoms with Crippen LogP contribution in [0.15, 0.2) is 29.2 Å². The van der Waals surface area contributed by atoms with Crippen molar-refractivity contribution in [1.82, 2.24) is 25.4 Å². The van der Waals surface area contributed by atoms with Crippen LogP contribution in [0.25, 0.3) is 0 Å². The number of pyridine rings is 1.